The highest BCUT2D eigenvalue weighted by atomic mass is 16.6. The van der Waals surface area contributed by atoms with E-state index < -0.39 is 18.5 Å². The molecule has 0 radical (unpaired) electrons. The Morgan fingerprint density at radius 2 is 2.00 bits per heavy atom. The Labute approximate surface area is 58.2 Å². The largest absolute Gasteiger partial charge is 0.412 e. The van der Waals surface area contributed by atoms with Gasteiger partial charge in [-0.25, -0.2) is 0 Å². The van der Waals surface area contributed by atoms with Crippen LogP contribution in [0.2, 0.25) is 0 Å². The molecule has 5 nitrogen and oxygen atoms in total. The summed E-state index contributed by atoms with van der Waals surface area (Å²) < 4.78 is 4.68. The number of hydrogen-bond donors (Lipinski definition) is 3. The molecule has 1 rings (SSSR count). The monoisotopic (exact) mass is 152 g/mol. The highest BCUT2D eigenvalue weighted by molar-refractivity contribution is 4.75. The van der Waals surface area contributed by atoms with Crippen LogP contribution in [-0.4, -0.2) is 45.9 Å². The normalized spacial score (nSPS) is 39.3. The van der Waals surface area contributed by atoms with Gasteiger partial charge in [0.05, 0.1) is 12.7 Å². The van der Waals surface area contributed by atoms with E-state index in [0.29, 0.717) is 0 Å². The third kappa shape index (κ3) is 1.89. The van der Waals surface area contributed by atoms with E-state index in [2.05, 4.69) is 4.74 Å². The molecular formula is C5H12O5. The van der Waals surface area contributed by atoms with Crippen molar-refractivity contribution in [3.63, 3.8) is 0 Å². The molecule has 1 saturated heterocycles. The fourth-order valence-electron chi connectivity index (χ4n) is 0.871. The average Bonchev–Trinajstić information content (AvgIpc) is 2.10. The molecule has 62 valence electrons. The van der Waals surface area contributed by atoms with Crippen molar-refractivity contribution in [1.29, 1.82) is 0 Å². The van der Waals surface area contributed by atoms with E-state index in [4.69, 9.17) is 15.3 Å². The zero-order valence-electron chi connectivity index (χ0n) is 5.40. The topological polar surface area (TPSA) is 101 Å². The van der Waals surface area contributed by atoms with E-state index >= 15 is 0 Å². The van der Waals surface area contributed by atoms with Crippen LogP contribution in [0.5, 0.6) is 0 Å². The Hall–Kier alpha value is -0.200. The third-order valence-electron chi connectivity index (χ3n) is 1.38. The molecule has 0 saturated carbocycles. The quantitative estimate of drug-likeness (QED) is 0.390. The van der Waals surface area contributed by atoms with Crippen LogP contribution in [0.3, 0.4) is 0 Å². The van der Waals surface area contributed by atoms with Crippen LogP contribution in [0.1, 0.15) is 6.42 Å². The molecule has 0 aromatic rings. The third-order valence-corrected chi connectivity index (χ3v) is 1.38. The predicted octanol–water partition coefficient (Wildman–Crippen LogP) is -2.38. The summed E-state index contributed by atoms with van der Waals surface area (Å²) in [4.78, 5) is 0. The van der Waals surface area contributed by atoms with Crippen LogP contribution in [0.15, 0.2) is 0 Å². The summed E-state index contributed by atoms with van der Waals surface area (Å²) in [6, 6.07) is 0. The van der Waals surface area contributed by atoms with Gasteiger partial charge in [0.25, 0.3) is 0 Å². The van der Waals surface area contributed by atoms with E-state index in [9.17, 15) is 0 Å². The molecule has 0 unspecified atom stereocenters. The summed E-state index contributed by atoms with van der Waals surface area (Å²) in [6.07, 6.45) is -2.02. The Morgan fingerprint density at radius 1 is 1.40 bits per heavy atom. The first-order chi connectivity index (χ1) is 4.24. The second-order valence-electron chi connectivity index (χ2n) is 2.11. The van der Waals surface area contributed by atoms with Crippen molar-refractivity contribution in [2.45, 2.75) is 24.9 Å². The Bertz CT molecular complexity index is 96.0. The Kier molecular flexibility index (Phi) is 3.77. The van der Waals surface area contributed by atoms with Gasteiger partial charge in [0, 0.05) is 6.42 Å². The van der Waals surface area contributed by atoms with Gasteiger partial charge in [0.2, 0.25) is 0 Å². The van der Waals surface area contributed by atoms with Crippen molar-refractivity contribution in [3.8, 4) is 0 Å². The first-order valence-electron chi connectivity index (χ1n) is 2.86. The second kappa shape index (κ2) is 3.85. The highest BCUT2D eigenvalue weighted by Crippen LogP contribution is 2.17. The number of aliphatic hydroxyl groups excluding tert-OH is 3. The van der Waals surface area contributed by atoms with Crippen LogP contribution in [0, 0.1) is 0 Å². The lowest BCUT2D eigenvalue weighted by Gasteiger charge is -2.08. The predicted molar refractivity (Wildman–Crippen MR) is 32.2 cm³/mol. The minimum absolute atomic E-state index is 0. The maximum atomic E-state index is 8.91. The fourth-order valence-corrected chi connectivity index (χ4v) is 0.871. The van der Waals surface area contributed by atoms with Crippen LogP contribution in [-0.2, 0) is 4.74 Å². The summed E-state index contributed by atoms with van der Waals surface area (Å²) in [7, 11) is 0. The van der Waals surface area contributed by atoms with Crippen molar-refractivity contribution in [3.05, 3.63) is 0 Å². The summed E-state index contributed by atoms with van der Waals surface area (Å²) in [6.45, 7) is -0.238. The lowest BCUT2D eigenvalue weighted by atomic mass is 10.2. The molecule has 5 heteroatoms. The van der Waals surface area contributed by atoms with Gasteiger partial charge in [0.15, 0.2) is 6.29 Å². The molecule has 1 heterocycles. The molecule has 0 aliphatic carbocycles. The molecule has 0 bridgehead atoms. The zero-order valence-corrected chi connectivity index (χ0v) is 5.40. The average molecular weight is 152 g/mol. The first-order valence-corrected chi connectivity index (χ1v) is 2.86. The molecule has 0 aromatic heterocycles. The van der Waals surface area contributed by atoms with Gasteiger partial charge in [-0.15, -0.1) is 0 Å². The van der Waals surface area contributed by atoms with Crippen LogP contribution in [0.4, 0.5) is 0 Å². The zero-order chi connectivity index (χ0) is 6.85. The van der Waals surface area contributed by atoms with Crippen molar-refractivity contribution < 1.29 is 25.5 Å². The molecule has 0 amide bonds. The molecule has 1 fully saturated rings. The van der Waals surface area contributed by atoms with Crippen molar-refractivity contribution in [1.82, 2.24) is 0 Å². The highest BCUT2D eigenvalue weighted by Gasteiger charge is 2.31. The number of ether oxygens (including phenoxy) is 1. The molecule has 10 heavy (non-hydrogen) atoms. The molecule has 1 aliphatic heterocycles. The second-order valence-corrected chi connectivity index (χ2v) is 2.11. The summed E-state index contributed by atoms with van der Waals surface area (Å²) in [5.41, 5.74) is 0. The smallest absolute Gasteiger partial charge is 0.157 e. The Balaban J connectivity index is 0.000000810. The minimum Gasteiger partial charge on any atom is -0.412 e. The van der Waals surface area contributed by atoms with E-state index in [1.54, 1.807) is 0 Å². The van der Waals surface area contributed by atoms with E-state index in [-0.39, 0.29) is 18.5 Å². The van der Waals surface area contributed by atoms with Gasteiger partial charge < -0.3 is 25.5 Å². The van der Waals surface area contributed by atoms with Gasteiger partial charge in [-0.3, -0.25) is 0 Å². The van der Waals surface area contributed by atoms with E-state index in [0.717, 1.165) is 0 Å². The maximum absolute atomic E-state index is 8.91. The van der Waals surface area contributed by atoms with E-state index in [1.807, 2.05) is 0 Å². The van der Waals surface area contributed by atoms with Crippen molar-refractivity contribution in [2.24, 2.45) is 0 Å². The Morgan fingerprint density at radius 3 is 2.20 bits per heavy atom. The van der Waals surface area contributed by atoms with Gasteiger partial charge in [0.1, 0.15) is 6.10 Å². The molecule has 1 aliphatic rings. The van der Waals surface area contributed by atoms with Crippen LogP contribution in [0.25, 0.3) is 0 Å². The molecular weight excluding hydrogens is 140 g/mol. The standard InChI is InChI=1S/C5H10O4.H2O/c6-2-4-3(7)1-5(8)9-4;/h3-8H,1-2H2;1H2/t3-,4+,5-;/m0./s1. The van der Waals surface area contributed by atoms with Gasteiger partial charge in [-0.05, 0) is 0 Å². The molecule has 0 spiro atoms. The van der Waals surface area contributed by atoms with Gasteiger partial charge in [-0.1, -0.05) is 0 Å². The fraction of sp³-hybridized carbons (Fsp3) is 1.00. The van der Waals surface area contributed by atoms with Crippen molar-refractivity contribution in [2.75, 3.05) is 6.61 Å². The summed E-state index contributed by atoms with van der Waals surface area (Å²) in [5.74, 6) is 0. The summed E-state index contributed by atoms with van der Waals surface area (Å²) in [5, 5.41) is 26.1. The molecule has 5 N–H and O–H groups in total. The summed E-state index contributed by atoms with van der Waals surface area (Å²) >= 11 is 0. The lowest BCUT2D eigenvalue weighted by molar-refractivity contribution is -0.107. The molecule has 0 aromatic carbocycles. The minimum atomic E-state index is -0.905. The number of hydrogen-bond acceptors (Lipinski definition) is 4. The lowest BCUT2D eigenvalue weighted by Crippen LogP contribution is -2.24. The molecule has 3 atom stereocenters. The van der Waals surface area contributed by atoms with Crippen LogP contribution < -0.4 is 0 Å². The SMILES string of the molecule is O.OC[C@H]1O[C@H](O)C[C@@H]1O. The number of aliphatic hydroxyl groups is 3. The van der Waals surface area contributed by atoms with Crippen LogP contribution >= 0.6 is 0 Å². The van der Waals surface area contributed by atoms with Crippen molar-refractivity contribution >= 4 is 0 Å². The van der Waals surface area contributed by atoms with Gasteiger partial charge >= 0.3 is 0 Å². The van der Waals surface area contributed by atoms with E-state index in [1.165, 1.54) is 0 Å². The number of rotatable bonds is 1. The first kappa shape index (κ1) is 9.80. The van der Waals surface area contributed by atoms with Gasteiger partial charge in [-0.2, -0.15) is 0 Å². The maximum Gasteiger partial charge on any atom is 0.157 e.